The summed E-state index contributed by atoms with van der Waals surface area (Å²) < 4.78 is 5.05. The van der Waals surface area contributed by atoms with Crippen molar-refractivity contribution >= 4 is 23.4 Å². The van der Waals surface area contributed by atoms with Crippen molar-refractivity contribution in [1.29, 1.82) is 0 Å². The molecule has 0 aliphatic heterocycles. The van der Waals surface area contributed by atoms with Gasteiger partial charge in [0.1, 0.15) is 16.8 Å². The maximum atomic E-state index is 11.4. The molecule has 1 aliphatic carbocycles. The summed E-state index contributed by atoms with van der Waals surface area (Å²) in [6.45, 7) is 4.14. The lowest BCUT2D eigenvalue weighted by molar-refractivity contribution is -0.147. The summed E-state index contributed by atoms with van der Waals surface area (Å²) in [6.07, 6.45) is 2.47. The highest BCUT2D eigenvalue weighted by molar-refractivity contribution is 6.29. The lowest BCUT2D eigenvalue weighted by Gasteiger charge is -2.09. The molecule has 0 bridgehead atoms. The van der Waals surface area contributed by atoms with Crippen LogP contribution in [-0.2, 0) is 9.53 Å². The highest BCUT2D eigenvalue weighted by Gasteiger charge is 2.27. The molecule has 0 spiro atoms. The smallest absolute Gasteiger partial charge is 0.307 e. The first-order chi connectivity index (χ1) is 9.04. The highest BCUT2D eigenvalue weighted by atomic mass is 35.5. The van der Waals surface area contributed by atoms with Crippen molar-refractivity contribution in [1.82, 2.24) is 9.97 Å². The van der Waals surface area contributed by atoms with E-state index in [1.165, 1.54) is 0 Å². The summed E-state index contributed by atoms with van der Waals surface area (Å²) in [4.78, 5) is 20.0. The van der Waals surface area contributed by atoms with Gasteiger partial charge in [-0.05, 0) is 26.7 Å². The molecule has 0 saturated heterocycles. The molecule has 1 heterocycles. The van der Waals surface area contributed by atoms with E-state index in [1.807, 2.05) is 13.8 Å². The largest absolute Gasteiger partial charge is 0.463 e. The van der Waals surface area contributed by atoms with Gasteiger partial charge >= 0.3 is 5.97 Å². The monoisotopic (exact) mass is 283 g/mol. The van der Waals surface area contributed by atoms with Crippen LogP contribution in [0, 0.1) is 0 Å². The number of hydrogen-bond donors (Lipinski definition) is 1. The summed E-state index contributed by atoms with van der Waals surface area (Å²) in [6, 6.07) is 1.67. The Kier molecular flexibility index (Phi) is 4.58. The number of rotatable bonds is 6. The molecule has 5 nitrogen and oxygen atoms in total. The van der Waals surface area contributed by atoms with Gasteiger partial charge in [0.2, 0.25) is 0 Å². The molecule has 1 aromatic rings. The zero-order valence-electron chi connectivity index (χ0n) is 11.1. The Balaban J connectivity index is 1.84. The van der Waals surface area contributed by atoms with Gasteiger partial charge in [0.05, 0.1) is 12.5 Å². The van der Waals surface area contributed by atoms with Crippen molar-refractivity contribution in [2.45, 2.75) is 45.1 Å². The van der Waals surface area contributed by atoms with Crippen molar-refractivity contribution in [2.75, 3.05) is 11.9 Å². The summed E-state index contributed by atoms with van der Waals surface area (Å²) >= 11 is 5.95. The molecule has 19 heavy (non-hydrogen) atoms. The van der Waals surface area contributed by atoms with Crippen LogP contribution < -0.4 is 5.32 Å². The number of anilines is 1. The van der Waals surface area contributed by atoms with Gasteiger partial charge in [-0.3, -0.25) is 4.79 Å². The van der Waals surface area contributed by atoms with Gasteiger partial charge in [-0.15, -0.1) is 0 Å². The Morgan fingerprint density at radius 2 is 2.26 bits per heavy atom. The zero-order chi connectivity index (χ0) is 13.8. The standard InChI is InChI=1S/C13H18ClN3O2/c1-8(2)19-12(18)5-6-15-11-7-10(14)16-13(17-11)9-3-4-9/h7-9H,3-6H2,1-2H3,(H,15,16,17). The summed E-state index contributed by atoms with van der Waals surface area (Å²) in [5.41, 5.74) is 0. The Morgan fingerprint density at radius 1 is 1.53 bits per heavy atom. The third kappa shape index (κ3) is 4.67. The van der Waals surface area contributed by atoms with Crippen molar-refractivity contribution < 1.29 is 9.53 Å². The van der Waals surface area contributed by atoms with Crippen LogP contribution in [0.4, 0.5) is 5.82 Å². The van der Waals surface area contributed by atoms with E-state index in [2.05, 4.69) is 15.3 Å². The molecule has 0 aromatic carbocycles. The average Bonchev–Trinajstić information content (AvgIpc) is 3.10. The number of aromatic nitrogens is 2. The molecule has 1 aliphatic rings. The summed E-state index contributed by atoms with van der Waals surface area (Å²) in [5, 5.41) is 3.51. The van der Waals surface area contributed by atoms with Gasteiger partial charge in [0, 0.05) is 18.5 Å². The van der Waals surface area contributed by atoms with Gasteiger partial charge in [-0.25, -0.2) is 9.97 Å². The second-order valence-corrected chi connectivity index (χ2v) is 5.31. The molecule has 0 unspecified atom stereocenters. The quantitative estimate of drug-likeness (QED) is 0.642. The fourth-order valence-electron chi connectivity index (χ4n) is 1.66. The second-order valence-electron chi connectivity index (χ2n) is 4.92. The lowest BCUT2D eigenvalue weighted by atomic mass is 10.3. The fourth-order valence-corrected chi connectivity index (χ4v) is 1.85. The maximum absolute atomic E-state index is 11.4. The Morgan fingerprint density at radius 3 is 2.89 bits per heavy atom. The number of hydrogen-bond acceptors (Lipinski definition) is 5. The minimum Gasteiger partial charge on any atom is -0.463 e. The van der Waals surface area contributed by atoms with Gasteiger partial charge in [0.25, 0.3) is 0 Å². The van der Waals surface area contributed by atoms with Crippen LogP contribution in [0.15, 0.2) is 6.07 Å². The van der Waals surface area contributed by atoms with Crippen LogP contribution in [0.3, 0.4) is 0 Å². The predicted molar refractivity (Wildman–Crippen MR) is 73.4 cm³/mol. The van der Waals surface area contributed by atoms with Gasteiger partial charge < -0.3 is 10.1 Å². The molecule has 1 aromatic heterocycles. The molecule has 1 fully saturated rings. The molecule has 0 amide bonds. The summed E-state index contributed by atoms with van der Waals surface area (Å²) in [5.74, 6) is 1.69. The van der Waals surface area contributed by atoms with Crippen LogP contribution in [-0.4, -0.2) is 28.6 Å². The number of nitrogens with zero attached hydrogens (tertiary/aromatic N) is 2. The minimum absolute atomic E-state index is 0.0811. The molecular formula is C13H18ClN3O2. The molecule has 0 radical (unpaired) electrons. The Bertz CT molecular complexity index is 461. The Hall–Kier alpha value is -1.36. The van der Waals surface area contributed by atoms with Gasteiger partial charge in [0.15, 0.2) is 0 Å². The van der Waals surface area contributed by atoms with E-state index in [0.29, 0.717) is 29.9 Å². The fraction of sp³-hybridized carbons (Fsp3) is 0.615. The van der Waals surface area contributed by atoms with E-state index in [1.54, 1.807) is 6.07 Å². The van der Waals surface area contributed by atoms with E-state index < -0.39 is 0 Å². The molecule has 2 rings (SSSR count). The van der Waals surface area contributed by atoms with E-state index >= 15 is 0 Å². The predicted octanol–water partition coefficient (Wildman–Crippen LogP) is 2.76. The topological polar surface area (TPSA) is 64.1 Å². The van der Waals surface area contributed by atoms with Crippen LogP contribution >= 0.6 is 11.6 Å². The van der Waals surface area contributed by atoms with E-state index in [0.717, 1.165) is 18.7 Å². The Labute approximate surface area is 117 Å². The number of carbonyl (C=O) groups excluding carboxylic acids is 1. The van der Waals surface area contributed by atoms with Gasteiger partial charge in [-0.2, -0.15) is 0 Å². The maximum Gasteiger partial charge on any atom is 0.307 e. The molecule has 1 N–H and O–H groups in total. The van der Waals surface area contributed by atoms with Crippen LogP contribution in [0.25, 0.3) is 0 Å². The normalized spacial score (nSPS) is 14.5. The van der Waals surface area contributed by atoms with E-state index in [9.17, 15) is 4.79 Å². The van der Waals surface area contributed by atoms with Crippen LogP contribution in [0.5, 0.6) is 0 Å². The summed E-state index contributed by atoms with van der Waals surface area (Å²) in [7, 11) is 0. The molecule has 6 heteroatoms. The molecular weight excluding hydrogens is 266 g/mol. The first kappa shape index (κ1) is 14.1. The SMILES string of the molecule is CC(C)OC(=O)CCNc1cc(Cl)nc(C2CC2)n1. The third-order valence-corrected chi connectivity index (χ3v) is 2.85. The second kappa shape index (κ2) is 6.19. The third-order valence-electron chi connectivity index (χ3n) is 2.66. The number of nitrogens with one attached hydrogen (secondary N) is 1. The lowest BCUT2D eigenvalue weighted by Crippen LogP contribution is -2.16. The van der Waals surface area contributed by atoms with Crippen molar-refractivity contribution in [3.63, 3.8) is 0 Å². The number of esters is 1. The zero-order valence-corrected chi connectivity index (χ0v) is 11.9. The van der Waals surface area contributed by atoms with Crippen LogP contribution in [0.1, 0.15) is 44.9 Å². The molecule has 1 saturated carbocycles. The highest BCUT2D eigenvalue weighted by Crippen LogP contribution is 2.38. The van der Waals surface area contributed by atoms with Crippen molar-refractivity contribution in [3.05, 3.63) is 17.0 Å². The first-order valence-corrected chi connectivity index (χ1v) is 6.90. The first-order valence-electron chi connectivity index (χ1n) is 6.52. The number of carbonyl (C=O) groups is 1. The van der Waals surface area contributed by atoms with Crippen LogP contribution in [0.2, 0.25) is 5.15 Å². The number of ether oxygens (including phenoxy) is 1. The van der Waals surface area contributed by atoms with E-state index in [4.69, 9.17) is 16.3 Å². The average molecular weight is 284 g/mol. The van der Waals surface area contributed by atoms with Crippen molar-refractivity contribution in [2.24, 2.45) is 0 Å². The van der Waals surface area contributed by atoms with E-state index in [-0.39, 0.29) is 12.1 Å². The number of halogens is 1. The molecule has 0 atom stereocenters. The van der Waals surface area contributed by atoms with Gasteiger partial charge in [-0.1, -0.05) is 11.6 Å². The molecule has 104 valence electrons. The minimum atomic E-state index is -0.218. The van der Waals surface area contributed by atoms with Crippen molar-refractivity contribution in [3.8, 4) is 0 Å².